The van der Waals surface area contributed by atoms with Gasteiger partial charge in [-0.2, -0.15) is 0 Å². The minimum atomic E-state index is -0.774. The maximum atomic E-state index is 14.0. The van der Waals surface area contributed by atoms with Gasteiger partial charge in [-0.3, -0.25) is 14.4 Å². The van der Waals surface area contributed by atoms with E-state index in [0.29, 0.717) is 25.1 Å². The SMILES string of the molecule is CCCNC(=O)[C@H]1[C@@H]2SC3(CC2Br)C(C(=O)Nc2ccc(N(CC)CC)cc2)N([C@@H](CC)CO)C(=O)[C@H]13. The summed E-state index contributed by atoms with van der Waals surface area (Å²) in [5.41, 5.74) is 1.74. The zero-order chi connectivity index (χ0) is 26.9. The molecule has 4 rings (SSSR count). The first-order valence-electron chi connectivity index (χ1n) is 13.5. The fourth-order valence-corrected chi connectivity index (χ4v) is 9.99. The van der Waals surface area contributed by atoms with Crippen LogP contribution in [-0.2, 0) is 14.4 Å². The van der Waals surface area contributed by atoms with Crippen molar-refractivity contribution in [2.75, 3.05) is 36.5 Å². The Hall–Kier alpha value is -1.78. The van der Waals surface area contributed by atoms with Gasteiger partial charge < -0.3 is 25.5 Å². The minimum absolute atomic E-state index is 0.0248. The van der Waals surface area contributed by atoms with Crippen LogP contribution >= 0.6 is 27.7 Å². The summed E-state index contributed by atoms with van der Waals surface area (Å²) in [7, 11) is 0. The van der Waals surface area contributed by atoms with Crippen LogP contribution in [0.25, 0.3) is 0 Å². The molecule has 2 bridgehead atoms. The van der Waals surface area contributed by atoms with Gasteiger partial charge >= 0.3 is 0 Å². The Morgan fingerprint density at radius 2 is 1.86 bits per heavy atom. The van der Waals surface area contributed by atoms with E-state index < -0.39 is 28.7 Å². The number of hydrogen-bond acceptors (Lipinski definition) is 6. The first-order chi connectivity index (χ1) is 17.8. The summed E-state index contributed by atoms with van der Waals surface area (Å²) in [6.45, 7) is 10.2. The van der Waals surface area contributed by atoms with Crippen molar-refractivity contribution in [2.24, 2.45) is 11.8 Å². The summed E-state index contributed by atoms with van der Waals surface area (Å²) in [5, 5.41) is 16.1. The standard InChI is InChI=1S/C27H39BrN4O4S/c1-5-13-29-24(34)20-21-26(36)32(17(6-2)15-33)23(27(21)14-19(28)22(20)37-27)25(35)30-16-9-11-18(12-10-16)31(7-3)8-4/h9-12,17,19-23,33H,5-8,13-15H2,1-4H3,(H,29,34)(H,30,35)/t17-,19?,20+,21-,22+,23?,27?/m0/s1. The zero-order valence-electron chi connectivity index (χ0n) is 22.1. The van der Waals surface area contributed by atoms with Gasteiger partial charge in [0.25, 0.3) is 0 Å². The number of benzene rings is 1. The van der Waals surface area contributed by atoms with Crippen LogP contribution in [0.5, 0.6) is 0 Å². The number of nitrogens with zero attached hydrogens (tertiary/aromatic N) is 2. The van der Waals surface area contributed by atoms with Gasteiger partial charge in [-0.15, -0.1) is 11.8 Å². The Morgan fingerprint density at radius 1 is 1.19 bits per heavy atom. The average molecular weight is 596 g/mol. The largest absolute Gasteiger partial charge is 0.394 e. The Bertz CT molecular complexity index is 1000. The van der Waals surface area contributed by atoms with Crippen molar-refractivity contribution in [1.82, 2.24) is 10.2 Å². The minimum Gasteiger partial charge on any atom is -0.394 e. The molecule has 8 nitrogen and oxygen atoms in total. The van der Waals surface area contributed by atoms with Crippen molar-refractivity contribution in [2.45, 2.75) is 73.9 Å². The second kappa shape index (κ2) is 11.5. The summed E-state index contributed by atoms with van der Waals surface area (Å²) in [6.07, 6.45) is 1.95. The molecular formula is C27H39BrN4O4S. The maximum Gasteiger partial charge on any atom is 0.248 e. The molecule has 1 spiro atoms. The fourth-order valence-electron chi connectivity index (χ4n) is 6.39. The highest BCUT2D eigenvalue weighted by Crippen LogP contribution is 2.68. The molecule has 3 aliphatic rings. The molecule has 7 atom stereocenters. The molecule has 204 valence electrons. The van der Waals surface area contributed by atoms with Gasteiger partial charge in [-0.1, -0.05) is 29.8 Å². The average Bonchev–Trinajstić information content (AvgIpc) is 3.49. The first kappa shape index (κ1) is 28.2. The van der Waals surface area contributed by atoms with Crippen LogP contribution < -0.4 is 15.5 Å². The van der Waals surface area contributed by atoms with Crippen LogP contribution in [0.3, 0.4) is 0 Å². The number of anilines is 2. The van der Waals surface area contributed by atoms with E-state index in [0.717, 1.165) is 25.2 Å². The summed E-state index contributed by atoms with van der Waals surface area (Å²) in [5.74, 6) is -1.67. The van der Waals surface area contributed by atoms with Crippen molar-refractivity contribution >= 4 is 56.8 Å². The predicted molar refractivity (Wildman–Crippen MR) is 152 cm³/mol. The van der Waals surface area contributed by atoms with Gasteiger partial charge in [0.2, 0.25) is 17.7 Å². The third-order valence-electron chi connectivity index (χ3n) is 8.17. The quantitative estimate of drug-likeness (QED) is 0.340. The van der Waals surface area contributed by atoms with Crippen LogP contribution in [0.4, 0.5) is 11.4 Å². The van der Waals surface area contributed by atoms with Gasteiger partial charge in [-0.05, 0) is 57.4 Å². The van der Waals surface area contributed by atoms with Crippen LogP contribution in [0, 0.1) is 11.8 Å². The highest BCUT2D eigenvalue weighted by Gasteiger charge is 2.76. The van der Waals surface area contributed by atoms with E-state index in [1.807, 2.05) is 38.1 Å². The molecule has 3 amide bonds. The summed E-state index contributed by atoms with van der Waals surface area (Å²) >= 11 is 5.39. The lowest BCUT2D eigenvalue weighted by Crippen LogP contribution is -2.55. The number of rotatable bonds is 11. The lowest BCUT2D eigenvalue weighted by atomic mass is 9.70. The van der Waals surface area contributed by atoms with Crippen LogP contribution in [0.15, 0.2) is 24.3 Å². The predicted octanol–water partition coefficient (Wildman–Crippen LogP) is 3.23. The Kier molecular flexibility index (Phi) is 8.80. The molecular weight excluding hydrogens is 556 g/mol. The molecule has 0 saturated carbocycles. The zero-order valence-corrected chi connectivity index (χ0v) is 24.5. The van der Waals surface area contributed by atoms with Crippen molar-refractivity contribution in [3.63, 3.8) is 0 Å². The number of hydrogen-bond donors (Lipinski definition) is 3. The second-order valence-corrected chi connectivity index (χ2v) is 12.9. The maximum absolute atomic E-state index is 14.0. The van der Waals surface area contributed by atoms with Gasteiger partial charge in [0.1, 0.15) is 6.04 Å². The monoisotopic (exact) mass is 594 g/mol. The van der Waals surface area contributed by atoms with Gasteiger partial charge in [0.05, 0.1) is 29.2 Å². The molecule has 3 heterocycles. The molecule has 3 aliphatic heterocycles. The number of alkyl halides is 1. The normalized spacial score (nSPS) is 30.8. The Morgan fingerprint density at radius 3 is 2.43 bits per heavy atom. The third kappa shape index (κ3) is 4.78. The summed E-state index contributed by atoms with van der Waals surface area (Å²) in [6, 6.07) is 6.49. The topological polar surface area (TPSA) is 102 Å². The number of halogens is 1. The number of nitrogens with one attached hydrogen (secondary N) is 2. The van der Waals surface area contributed by atoms with Crippen LogP contribution in [0.1, 0.15) is 47.0 Å². The number of carbonyl (C=O) groups is 3. The number of aliphatic hydroxyl groups excluding tert-OH is 1. The third-order valence-corrected chi connectivity index (χ3v) is 11.4. The van der Waals surface area contributed by atoms with Crippen molar-refractivity contribution in [3.05, 3.63) is 24.3 Å². The van der Waals surface area contributed by atoms with Crippen molar-refractivity contribution in [1.29, 1.82) is 0 Å². The van der Waals surface area contributed by atoms with E-state index in [-0.39, 0.29) is 34.4 Å². The molecule has 0 radical (unpaired) electrons. The molecule has 3 N–H and O–H groups in total. The lowest BCUT2D eigenvalue weighted by molar-refractivity contribution is -0.142. The van der Waals surface area contributed by atoms with E-state index >= 15 is 0 Å². The lowest BCUT2D eigenvalue weighted by Gasteiger charge is -2.37. The molecule has 1 aromatic rings. The van der Waals surface area contributed by atoms with E-state index in [9.17, 15) is 19.5 Å². The first-order valence-corrected chi connectivity index (χ1v) is 15.3. The Balaban J connectivity index is 1.67. The highest BCUT2D eigenvalue weighted by atomic mass is 79.9. The molecule has 10 heteroatoms. The molecule has 3 unspecified atom stereocenters. The van der Waals surface area contributed by atoms with Crippen LogP contribution in [0.2, 0.25) is 0 Å². The Labute approximate surface area is 232 Å². The van der Waals surface area contributed by atoms with E-state index in [4.69, 9.17) is 0 Å². The number of carbonyl (C=O) groups excluding carboxylic acids is 3. The molecule has 3 saturated heterocycles. The van der Waals surface area contributed by atoms with Gasteiger partial charge in [0, 0.05) is 41.1 Å². The highest BCUT2D eigenvalue weighted by molar-refractivity contribution is 9.09. The number of aliphatic hydroxyl groups is 1. The van der Waals surface area contributed by atoms with E-state index in [2.05, 4.69) is 45.3 Å². The summed E-state index contributed by atoms with van der Waals surface area (Å²) in [4.78, 5) is 45.1. The van der Waals surface area contributed by atoms with Gasteiger partial charge in [-0.25, -0.2) is 0 Å². The molecule has 0 aromatic heterocycles. The smallest absolute Gasteiger partial charge is 0.248 e. The number of likely N-dealkylation sites (tertiary alicyclic amines) is 1. The molecule has 3 fully saturated rings. The number of thioether (sulfide) groups is 1. The van der Waals surface area contributed by atoms with E-state index in [1.54, 1.807) is 16.7 Å². The number of fused-ring (bicyclic) bond motifs is 1. The molecule has 1 aromatic carbocycles. The van der Waals surface area contributed by atoms with Crippen molar-refractivity contribution in [3.8, 4) is 0 Å². The molecule has 37 heavy (non-hydrogen) atoms. The van der Waals surface area contributed by atoms with Crippen molar-refractivity contribution < 1.29 is 19.5 Å². The molecule has 0 aliphatic carbocycles. The van der Waals surface area contributed by atoms with Crippen LogP contribution in [-0.4, -0.2) is 80.9 Å². The fraction of sp³-hybridized carbons (Fsp3) is 0.667. The van der Waals surface area contributed by atoms with E-state index in [1.165, 1.54) is 0 Å². The second-order valence-electron chi connectivity index (χ2n) is 10.2. The summed E-state index contributed by atoms with van der Waals surface area (Å²) < 4.78 is -0.724. The number of amides is 3. The van der Waals surface area contributed by atoms with Gasteiger partial charge in [0.15, 0.2) is 0 Å².